The van der Waals surface area contributed by atoms with Gasteiger partial charge in [0, 0.05) is 0 Å². The maximum absolute atomic E-state index is 5.78. The van der Waals surface area contributed by atoms with Crippen LogP contribution in [0.1, 0.15) is 49.8 Å². The van der Waals surface area contributed by atoms with Crippen molar-refractivity contribution in [3.05, 3.63) is 78.6 Å². The Balaban J connectivity index is 0.00000211. The summed E-state index contributed by atoms with van der Waals surface area (Å²) in [5.74, 6) is 0.927. The zero-order valence-electron chi connectivity index (χ0n) is 14.5. The fourth-order valence-corrected chi connectivity index (χ4v) is 2.06. The molecule has 0 amide bonds. The quantitative estimate of drug-likeness (QED) is 0.298. The molecule has 0 heterocycles. The fourth-order valence-electron chi connectivity index (χ4n) is 2.06. The van der Waals surface area contributed by atoms with Gasteiger partial charge in [-0.2, -0.15) is 0 Å². The Labute approximate surface area is 136 Å². The molecule has 0 fully saturated rings. The second-order valence-electron chi connectivity index (χ2n) is 5.20. The summed E-state index contributed by atoms with van der Waals surface area (Å²) in [6.45, 7) is 20.7. The zero-order valence-corrected chi connectivity index (χ0v) is 14.5. The molecule has 0 spiro atoms. The highest BCUT2D eigenvalue weighted by Gasteiger charge is 1.99. The van der Waals surface area contributed by atoms with E-state index in [2.05, 4.69) is 58.4 Å². The Morgan fingerprint density at radius 3 is 2.50 bits per heavy atom. The van der Waals surface area contributed by atoms with E-state index in [4.69, 9.17) is 4.74 Å². The second kappa shape index (κ2) is 11.6. The van der Waals surface area contributed by atoms with Crippen molar-refractivity contribution in [1.29, 1.82) is 0 Å². The predicted molar refractivity (Wildman–Crippen MR) is 99.7 cm³/mol. The summed E-state index contributed by atoms with van der Waals surface area (Å²) in [6, 6.07) is 6.32. The summed E-state index contributed by atoms with van der Waals surface area (Å²) in [5.41, 5.74) is 4.73. The lowest BCUT2D eigenvalue weighted by atomic mass is 10.1. The molecule has 0 aliphatic rings. The first-order chi connectivity index (χ1) is 10.6. The van der Waals surface area contributed by atoms with Crippen LogP contribution < -0.4 is 0 Å². The highest BCUT2D eigenvalue weighted by atomic mass is 16.5. The lowest BCUT2D eigenvalue weighted by Crippen LogP contribution is -1.93. The van der Waals surface area contributed by atoms with Crippen LogP contribution in [-0.2, 0) is 11.3 Å². The van der Waals surface area contributed by atoms with Crippen molar-refractivity contribution in [2.75, 3.05) is 0 Å². The van der Waals surface area contributed by atoms with Crippen LogP contribution in [0.2, 0.25) is 0 Å². The van der Waals surface area contributed by atoms with Crippen LogP contribution >= 0.6 is 0 Å². The van der Waals surface area contributed by atoms with Gasteiger partial charge < -0.3 is 4.74 Å². The molecule has 0 aliphatic heterocycles. The number of hydrogen-bond donors (Lipinski definition) is 0. The molecule has 0 saturated carbocycles. The van der Waals surface area contributed by atoms with Gasteiger partial charge in [0.05, 0.1) is 5.76 Å². The first-order valence-corrected chi connectivity index (χ1v) is 7.77. The molecule has 0 saturated heterocycles. The third kappa shape index (κ3) is 7.68. The van der Waals surface area contributed by atoms with Crippen molar-refractivity contribution in [3.8, 4) is 0 Å². The minimum absolute atomic E-state index is 0.599. The standard InChI is InChI=1S/C19H26O.C2H4/c1-6-8-9-15(3)12-17(5)20-14-18-10-11-19(7-2)16(4)13-18;1-2/h7,10-13H,2-3,6,8-9,14H2,1,4-5H3;1-2H2/b17-12+;. The van der Waals surface area contributed by atoms with Gasteiger partial charge in [-0.1, -0.05) is 56.4 Å². The Morgan fingerprint density at radius 2 is 1.95 bits per heavy atom. The van der Waals surface area contributed by atoms with Gasteiger partial charge >= 0.3 is 0 Å². The maximum Gasteiger partial charge on any atom is 0.113 e. The van der Waals surface area contributed by atoms with E-state index in [-0.39, 0.29) is 0 Å². The second-order valence-corrected chi connectivity index (χ2v) is 5.20. The third-order valence-corrected chi connectivity index (χ3v) is 3.28. The number of aryl methyl sites for hydroxylation is 1. The van der Waals surface area contributed by atoms with Crippen molar-refractivity contribution in [3.63, 3.8) is 0 Å². The van der Waals surface area contributed by atoms with Crippen LogP contribution in [0.25, 0.3) is 6.08 Å². The summed E-state index contributed by atoms with van der Waals surface area (Å²) < 4.78 is 5.78. The van der Waals surface area contributed by atoms with Crippen molar-refractivity contribution < 1.29 is 4.74 Å². The third-order valence-electron chi connectivity index (χ3n) is 3.28. The van der Waals surface area contributed by atoms with Gasteiger partial charge in [-0.25, -0.2) is 0 Å². The first kappa shape index (κ1) is 20.0. The monoisotopic (exact) mass is 298 g/mol. The lowest BCUT2D eigenvalue weighted by Gasteiger charge is -2.09. The van der Waals surface area contributed by atoms with Crippen LogP contribution in [-0.4, -0.2) is 0 Å². The van der Waals surface area contributed by atoms with Gasteiger partial charge in [0.1, 0.15) is 6.61 Å². The number of hydrogen-bond acceptors (Lipinski definition) is 1. The topological polar surface area (TPSA) is 9.23 Å². The molecule has 0 unspecified atom stereocenters. The number of rotatable bonds is 8. The smallest absolute Gasteiger partial charge is 0.113 e. The Kier molecular flexibility index (Phi) is 10.6. The van der Waals surface area contributed by atoms with E-state index in [0.29, 0.717) is 6.61 Å². The highest BCUT2D eigenvalue weighted by Crippen LogP contribution is 2.15. The normalized spacial score (nSPS) is 10.4. The molecule has 0 aromatic heterocycles. The van der Waals surface area contributed by atoms with E-state index in [0.717, 1.165) is 17.8 Å². The number of ether oxygens (including phenoxy) is 1. The summed E-state index contributed by atoms with van der Waals surface area (Å²) in [5, 5.41) is 0. The Hall–Kier alpha value is -2.02. The molecular formula is C21H30O. The lowest BCUT2D eigenvalue weighted by molar-refractivity contribution is 0.200. The molecule has 0 bridgehead atoms. The average molecular weight is 298 g/mol. The molecule has 1 rings (SSSR count). The molecule has 22 heavy (non-hydrogen) atoms. The molecule has 0 atom stereocenters. The van der Waals surface area contributed by atoms with Gasteiger partial charge in [0.25, 0.3) is 0 Å². The molecule has 0 radical (unpaired) electrons. The predicted octanol–water partition coefficient (Wildman–Crippen LogP) is 6.61. The number of benzene rings is 1. The molecule has 0 aliphatic carbocycles. The van der Waals surface area contributed by atoms with E-state index in [9.17, 15) is 0 Å². The van der Waals surface area contributed by atoms with Crippen molar-refractivity contribution >= 4 is 6.08 Å². The summed E-state index contributed by atoms with van der Waals surface area (Å²) in [6.07, 6.45) is 7.35. The Bertz CT molecular complexity index is 509. The zero-order chi connectivity index (χ0) is 17.0. The Morgan fingerprint density at radius 1 is 1.27 bits per heavy atom. The van der Waals surface area contributed by atoms with Crippen LogP contribution in [0.3, 0.4) is 0 Å². The molecule has 120 valence electrons. The minimum atomic E-state index is 0.599. The van der Waals surface area contributed by atoms with Crippen molar-refractivity contribution in [1.82, 2.24) is 0 Å². The molecular weight excluding hydrogens is 268 g/mol. The van der Waals surface area contributed by atoms with Crippen molar-refractivity contribution in [2.45, 2.75) is 46.6 Å². The highest BCUT2D eigenvalue weighted by molar-refractivity contribution is 5.52. The number of unbranched alkanes of at least 4 members (excludes halogenated alkanes) is 1. The van der Waals surface area contributed by atoms with Crippen LogP contribution in [0.15, 0.2) is 61.9 Å². The van der Waals surface area contributed by atoms with Crippen LogP contribution in [0.4, 0.5) is 0 Å². The summed E-state index contributed by atoms with van der Waals surface area (Å²) in [4.78, 5) is 0. The maximum atomic E-state index is 5.78. The summed E-state index contributed by atoms with van der Waals surface area (Å²) >= 11 is 0. The SMILES string of the molecule is C=C.C=Cc1ccc(CO/C(C)=C/C(=C)CCCC)cc1C. The molecule has 1 aromatic carbocycles. The fraction of sp³-hybridized carbons (Fsp3) is 0.333. The summed E-state index contributed by atoms with van der Waals surface area (Å²) in [7, 11) is 0. The van der Waals surface area contributed by atoms with E-state index in [1.165, 1.54) is 29.5 Å². The molecule has 1 nitrogen and oxygen atoms in total. The van der Waals surface area contributed by atoms with E-state index in [1.54, 1.807) is 0 Å². The van der Waals surface area contributed by atoms with Crippen molar-refractivity contribution in [2.24, 2.45) is 0 Å². The molecule has 1 heteroatoms. The number of allylic oxidation sites excluding steroid dienone is 3. The first-order valence-electron chi connectivity index (χ1n) is 7.77. The minimum Gasteiger partial charge on any atom is -0.494 e. The van der Waals surface area contributed by atoms with Gasteiger partial charge in [0.15, 0.2) is 0 Å². The van der Waals surface area contributed by atoms with Crippen LogP contribution in [0, 0.1) is 6.92 Å². The molecule has 1 aromatic rings. The van der Waals surface area contributed by atoms with E-state index < -0.39 is 0 Å². The average Bonchev–Trinajstić information content (AvgIpc) is 2.53. The van der Waals surface area contributed by atoms with Gasteiger partial charge in [-0.15, -0.1) is 13.2 Å². The van der Waals surface area contributed by atoms with E-state index >= 15 is 0 Å². The van der Waals surface area contributed by atoms with Gasteiger partial charge in [-0.3, -0.25) is 0 Å². The molecule has 0 N–H and O–H groups in total. The van der Waals surface area contributed by atoms with E-state index in [1.807, 2.05) is 19.1 Å². The van der Waals surface area contributed by atoms with Gasteiger partial charge in [-0.05, 0) is 49.5 Å². The van der Waals surface area contributed by atoms with Crippen LogP contribution in [0.5, 0.6) is 0 Å². The largest absolute Gasteiger partial charge is 0.494 e. The van der Waals surface area contributed by atoms with Gasteiger partial charge in [0.2, 0.25) is 0 Å².